The Morgan fingerprint density at radius 3 is 2.58 bits per heavy atom. The van der Waals surface area contributed by atoms with E-state index in [9.17, 15) is 12.8 Å². The number of hydrogen-bond acceptors (Lipinski definition) is 8. The van der Waals surface area contributed by atoms with Crippen molar-refractivity contribution in [1.29, 1.82) is 0 Å². The van der Waals surface area contributed by atoms with E-state index >= 15 is 4.39 Å². The molecular formula is C24H28F2N6O3S. The number of rotatable bonds is 8. The summed E-state index contributed by atoms with van der Waals surface area (Å²) in [6, 6.07) is 4.65. The number of pyridine rings is 1. The average molecular weight is 519 g/mol. The van der Waals surface area contributed by atoms with Gasteiger partial charge in [-0.3, -0.25) is 9.88 Å². The quantitative estimate of drug-likeness (QED) is 0.449. The van der Waals surface area contributed by atoms with Crippen LogP contribution in [0.1, 0.15) is 18.9 Å². The minimum Gasteiger partial charge on any atom is -0.378 e. The molecular weight excluding hydrogens is 490 g/mol. The summed E-state index contributed by atoms with van der Waals surface area (Å²) in [5.74, 6) is -2.40. The average Bonchev–Trinajstić information content (AvgIpc) is 3.30. The van der Waals surface area contributed by atoms with Crippen LogP contribution in [0.3, 0.4) is 0 Å². The predicted octanol–water partition coefficient (Wildman–Crippen LogP) is 2.45. The van der Waals surface area contributed by atoms with Crippen LogP contribution in [0.4, 0.5) is 14.5 Å². The van der Waals surface area contributed by atoms with Gasteiger partial charge in [0.25, 0.3) is 0 Å². The lowest BCUT2D eigenvalue weighted by atomic mass is 10.1. The molecule has 12 heteroatoms. The summed E-state index contributed by atoms with van der Waals surface area (Å²) in [6.07, 6.45) is 5.25. The third-order valence-corrected chi connectivity index (χ3v) is 8.38. The molecule has 36 heavy (non-hydrogen) atoms. The van der Waals surface area contributed by atoms with Crippen LogP contribution in [0.15, 0.2) is 36.8 Å². The van der Waals surface area contributed by atoms with E-state index in [4.69, 9.17) is 4.74 Å². The van der Waals surface area contributed by atoms with Crippen LogP contribution in [-0.4, -0.2) is 84.5 Å². The van der Waals surface area contributed by atoms with Crippen molar-refractivity contribution < 1.29 is 21.9 Å². The molecule has 2 aliphatic rings. The van der Waals surface area contributed by atoms with Crippen LogP contribution in [0.25, 0.3) is 16.9 Å². The first kappa shape index (κ1) is 24.7. The number of anilines is 1. The van der Waals surface area contributed by atoms with E-state index in [1.807, 2.05) is 6.07 Å². The molecule has 0 atom stereocenters. The zero-order chi connectivity index (χ0) is 25.3. The molecule has 0 unspecified atom stereocenters. The van der Waals surface area contributed by atoms with Gasteiger partial charge in [-0.15, -0.1) is 5.10 Å². The number of hydrogen-bond donors (Lipinski definition) is 0. The van der Waals surface area contributed by atoms with Crippen molar-refractivity contribution in [2.24, 2.45) is 0 Å². The third kappa shape index (κ3) is 5.11. The number of sulfone groups is 1. The highest BCUT2D eigenvalue weighted by Gasteiger charge is 2.29. The smallest absolute Gasteiger partial charge is 0.156 e. The summed E-state index contributed by atoms with van der Waals surface area (Å²) in [7, 11) is -3.51. The van der Waals surface area contributed by atoms with Crippen LogP contribution in [-0.2, 0) is 20.3 Å². The van der Waals surface area contributed by atoms with Crippen molar-refractivity contribution in [3.63, 3.8) is 0 Å². The fraction of sp³-hybridized carbons (Fsp3) is 0.458. The van der Waals surface area contributed by atoms with Gasteiger partial charge in [0.2, 0.25) is 0 Å². The van der Waals surface area contributed by atoms with E-state index in [-0.39, 0.29) is 11.3 Å². The molecule has 2 aromatic heterocycles. The number of benzene rings is 1. The molecule has 1 aromatic carbocycles. The molecule has 0 aliphatic carbocycles. The minimum atomic E-state index is -3.51. The number of halogens is 2. The SMILES string of the molecule is CCCS(=O)(=O)Cc1ccc(F)c(-n2cc(-c3cncc(N4CCN(C5COC5)CC4)c3)nn2)c1F. The van der Waals surface area contributed by atoms with Crippen molar-refractivity contribution >= 4 is 15.5 Å². The Bertz CT molecular complexity index is 1340. The third-order valence-electron chi connectivity index (χ3n) is 6.60. The first-order chi connectivity index (χ1) is 17.3. The number of aromatic nitrogens is 4. The van der Waals surface area contributed by atoms with Gasteiger partial charge in [0.1, 0.15) is 11.4 Å². The Morgan fingerprint density at radius 2 is 1.89 bits per heavy atom. The Morgan fingerprint density at radius 1 is 1.11 bits per heavy atom. The van der Waals surface area contributed by atoms with E-state index < -0.39 is 32.9 Å². The Labute approximate surface area is 208 Å². The topological polar surface area (TPSA) is 93.5 Å². The minimum absolute atomic E-state index is 0.0694. The molecule has 4 heterocycles. The van der Waals surface area contributed by atoms with Crippen molar-refractivity contribution in [2.45, 2.75) is 25.1 Å². The lowest BCUT2D eigenvalue weighted by molar-refractivity contribution is -0.0660. The highest BCUT2D eigenvalue weighted by Crippen LogP contribution is 2.27. The summed E-state index contributed by atoms with van der Waals surface area (Å²) in [5, 5.41) is 8.02. The molecule has 2 aliphatic heterocycles. The second kappa shape index (κ2) is 10.2. The van der Waals surface area contributed by atoms with E-state index in [1.54, 1.807) is 19.3 Å². The van der Waals surface area contributed by atoms with Crippen LogP contribution < -0.4 is 4.90 Å². The summed E-state index contributed by atoms with van der Waals surface area (Å²) >= 11 is 0. The highest BCUT2D eigenvalue weighted by atomic mass is 32.2. The lowest BCUT2D eigenvalue weighted by Gasteiger charge is -2.43. The molecule has 3 aromatic rings. The molecule has 0 amide bonds. The highest BCUT2D eigenvalue weighted by molar-refractivity contribution is 7.90. The van der Waals surface area contributed by atoms with Gasteiger partial charge in [-0.05, 0) is 18.6 Å². The molecule has 0 radical (unpaired) electrons. The predicted molar refractivity (Wildman–Crippen MR) is 131 cm³/mol. The molecule has 192 valence electrons. The van der Waals surface area contributed by atoms with Gasteiger partial charge in [0.05, 0.1) is 48.8 Å². The van der Waals surface area contributed by atoms with Gasteiger partial charge < -0.3 is 9.64 Å². The van der Waals surface area contributed by atoms with E-state index in [0.29, 0.717) is 23.7 Å². The normalized spacial score (nSPS) is 17.4. The fourth-order valence-electron chi connectivity index (χ4n) is 4.55. The van der Waals surface area contributed by atoms with Crippen LogP contribution in [0.2, 0.25) is 0 Å². The molecule has 9 nitrogen and oxygen atoms in total. The molecule has 0 N–H and O–H groups in total. The second-order valence-corrected chi connectivity index (χ2v) is 11.3. The zero-order valence-electron chi connectivity index (χ0n) is 20.0. The lowest BCUT2D eigenvalue weighted by Crippen LogP contribution is -2.56. The van der Waals surface area contributed by atoms with Crippen molar-refractivity contribution in [2.75, 3.05) is 50.0 Å². The van der Waals surface area contributed by atoms with E-state index in [2.05, 4.69) is 25.1 Å². The first-order valence-corrected chi connectivity index (χ1v) is 13.8. The molecule has 5 rings (SSSR count). The summed E-state index contributed by atoms with van der Waals surface area (Å²) in [4.78, 5) is 9.02. The van der Waals surface area contributed by atoms with Crippen LogP contribution >= 0.6 is 0 Å². The Kier molecular flexibility index (Phi) is 7.00. The largest absolute Gasteiger partial charge is 0.378 e. The number of nitrogens with zero attached hydrogens (tertiary/aromatic N) is 6. The standard InChI is InChI=1S/C24H28F2N6O3S/c1-2-9-36(33,34)16-17-3-4-21(25)24(23(17)26)32-13-22(28-29-32)18-10-19(12-27-11-18)30-5-7-31(8-6-30)20-14-35-15-20/h3-4,10-13,20H,2,5-9,14-16H2,1H3. The van der Waals surface area contributed by atoms with Crippen LogP contribution in [0.5, 0.6) is 0 Å². The molecule has 0 saturated carbocycles. The van der Waals surface area contributed by atoms with Gasteiger partial charge in [-0.2, -0.15) is 0 Å². The first-order valence-electron chi connectivity index (χ1n) is 12.0. The van der Waals surface area contributed by atoms with Crippen molar-refractivity contribution in [3.05, 3.63) is 54.0 Å². The van der Waals surface area contributed by atoms with Gasteiger partial charge >= 0.3 is 0 Å². The van der Waals surface area contributed by atoms with Crippen molar-refractivity contribution in [1.82, 2.24) is 24.9 Å². The maximum atomic E-state index is 15.2. The molecule has 0 spiro atoms. The maximum absolute atomic E-state index is 15.2. The van der Waals surface area contributed by atoms with Gasteiger partial charge in [0, 0.05) is 43.5 Å². The maximum Gasteiger partial charge on any atom is 0.156 e. The van der Waals surface area contributed by atoms with Crippen molar-refractivity contribution in [3.8, 4) is 16.9 Å². The molecule has 2 fully saturated rings. The van der Waals surface area contributed by atoms with Gasteiger partial charge in [0.15, 0.2) is 21.5 Å². The number of ether oxygens (including phenoxy) is 1. The number of piperazine rings is 1. The Hall–Kier alpha value is -2.96. The van der Waals surface area contributed by atoms with Gasteiger partial charge in [-0.25, -0.2) is 21.9 Å². The van der Waals surface area contributed by atoms with Gasteiger partial charge in [-0.1, -0.05) is 18.2 Å². The monoisotopic (exact) mass is 518 g/mol. The van der Waals surface area contributed by atoms with E-state index in [1.165, 1.54) is 6.20 Å². The zero-order valence-corrected chi connectivity index (χ0v) is 20.8. The van der Waals surface area contributed by atoms with Crippen LogP contribution in [0, 0.1) is 11.6 Å². The fourth-order valence-corrected chi connectivity index (χ4v) is 6.01. The Balaban J connectivity index is 1.36. The summed E-state index contributed by atoms with van der Waals surface area (Å²) in [6.45, 7) is 6.93. The molecule has 0 bridgehead atoms. The second-order valence-electron chi connectivity index (χ2n) is 9.16. The van der Waals surface area contributed by atoms with E-state index in [0.717, 1.165) is 61.9 Å². The molecule has 2 saturated heterocycles. The summed E-state index contributed by atoms with van der Waals surface area (Å²) in [5.41, 5.74) is 1.44. The summed E-state index contributed by atoms with van der Waals surface area (Å²) < 4.78 is 60.5.